The Morgan fingerprint density at radius 1 is 1.32 bits per heavy atom. The summed E-state index contributed by atoms with van der Waals surface area (Å²) in [7, 11) is 0. The molecule has 0 aliphatic carbocycles. The van der Waals surface area contributed by atoms with Crippen LogP contribution in [0.2, 0.25) is 0 Å². The maximum atomic E-state index is 13.2. The molecule has 0 fully saturated rings. The molecule has 0 heterocycles. The van der Waals surface area contributed by atoms with Crippen LogP contribution in [0.3, 0.4) is 0 Å². The molecule has 0 amide bonds. The number of aliphatic hydroxyl groups excluding tert-OH is 1. The van der Waals surface area contributed by atoms with Crippen molar-refractivity contribution in [3.63, 3.8) is 0 Å². The average molecular weight is 315 g/mol. The number of esters is 1. The van der Waals surface area contributed by atoms with Crippen LogP contribution in [0.4, 0.5) is 8.78 Å². The molecule has 7 heteroatoms. The average Bonchev–Trinajstić information content (AvgIpc) is 2.45. The van der Waals surface area contributed by atoms with Crippen molar-refractivity contribution in [1.29, 1.82) is 0 Å². The molecular formula is C15H19F2NO4. The molecule has 1 rings (SSSR count). The third-order valence-corrected chi connectivity index (χ3v) is 2.86. The van der Waals surface area contributed by atoms with Crippen LogP contribution in [0.1, 0.15) is 30.6 Å². The molecular weight excluding hydrogens is 296 g/mol. The van der Waals surface area contributed by atoms with E-state index in [-0.39, 0.29) is 25.1 Å². The normalized spacial score (nSPS) is 13.5. The van der Waals surface area contributed by atoms with Crippen molar-refractivity contribution in [2.75, 3.05) is 13.2 Å². The number of aliphatic hydroxyl groups is 1. The van der Waals surface area contributed by atoms with Crippen LogP contribution >= 0.6 is 0 Å². The Hall–Kier alpha value is -1.86. The van der Waals surface area contributed by atoms with E-state index in [9.17, 15) is 23.5 Å². The summed E-state index contributed by atoms with van der Waals surface area (Å²) < 4.78 is 30.9. The topological polar surface area (TPSA) is 75.6 Å². The Kier molecular flexibility index (Phi) is 7.07. The first-order valence-corrected chi connectivity index (χ1v) is 6.91. The van der Waals surface area contributed by atoms with Gasteiger partial charge in [-0.3, -0.25) is 9.59 Å². The van der Waals surface area contributed by atoms with Crippen molar-refractivity contribution in [3.8, 4) is 0 Å². The molecule has 0 radical (unpaired) electrons. The molecule has 1 aromatic rings. The van der Waals surface area contributed by atoms with Gasteiger partial charge in [-0.2, -0.15) is 0 Å². The first kappa shape index (κ1) is 18.2. The molecule has 2 unspecified atom stereocenters. The number of nitrogens with one attached hydrogen (secondary N) is 1. The number of Topliss-reactive ketones (excluding diaryl/α,β-unsaturated/α-hetero) is 1. The Balaban J connectivity index is 2.89. The molecule has 0 aliphatic heterocycles. The first-order valence-electron chi connectivity index (χ1n) is 6.91. The number of benzene rings is 1. The van der Waals surface area contributed by atoms with Crippen molar-refractivity contribution in [3.05, 3.63) is 35.4 Å². The van der Waals surface area contributed by atoms with E-state index in [4.69, 9.17) is 4.74 Å². The number of carbonyl (C=O) groups is 2. The summed E-state index contributed by atoms with van der Waals surface area (Å²) in [5.74, 6) is -3.37. The summed E-state index contributed by atoms with van der Waals surface area (Å²) in [5, 5.41) is 12.0. The third-order valence-electron chi connectivity index (χ3n) is 2.86. The summed E-state index contributed by atoms with van der Waals surface area (Å²) in [6, 6.07) is 1.78. The van der Waals surface area contributed by atoms with E-state index < -0.39 is 35.5 Å². The second-order valence-electron chi connectivity index (χ2n) is 4.81. The number of hydrogen-bond donors (Lipinski definition) is 2. The van der Waals surface area contributed by atoms with Crippen molar-refractivity contribution in [2.24, 2.45) is 0 Å². The summed E-state index contributed by atoms with van der Waals surface area (Å²) in [6.45, 7) is 3.38. The number of ether oxygens (including phenoxy) is 1. The highest BCUT2D eigenvalue weighted by Crippen LogP contribution is 2.12. The number of carbonyl (C=O) groups excluding carboxylic acids is 2. The summed E-state index contributed by atoms with van der Waals surface area (Å²) in [6.07, 6.45) is -0.999. The minimum absolute atomic E-state index is 0.0636. The monoisotopic (exact) mass is 315 g/mol. The second-order valence-corrected chi connectivity index (χ2v) is 4.81. The van der Waals surface area contributed by atoms with Crippen LogP contribution in [-0.4, -0.2) is 42.2 Å². The molecule has 0 saturated carbocycles. The third kappa shape index (κ3) is 5.50. The lowest BCUT2D eigenvalue weighted by Crippen LogP contribution is -2.42. The van der Waals surface area contributed by atoms with Gasteiger partial charge < -0.3 is 15.2 Å². The van der Waals surface area contributed by atoms with Crippen LogP contribution in [0.15, 0.2) is 18.2 Å². The van der Waals surface area contributed by atoms with Crippen LogP contribution in [0.5, 0.6) is 0 Å². The van der Waals surface area contributed by atoms with Gasteiger partial charge in [-0.25, -0.2) is 8.78 Å². The Bertz CT molecular complexity index is 534. The predicted octanol–water partition coefficient (Wildman–Crippen LogP) is 1.44. The second kappa shape index (κ2) is 8.55. The Morgan fingerprint density at radius 2 is 2.00 bits per heavy atom. The molecule has 5 nitrogen and oxygen atoms in total. The summed E-state index contributed by atoms with van der Waals surface area (Å²) >= 11 is 0. The minimum atomic E-state index is -1.14. The fourth-order valence-corrected chi connectivity index (χ4v) is 1.81. The molecule has 0 spiro atoms. The van der Waals surface area contributed by atoms with E-state index in [0.717, 1.165) is 18.2 Å². The molecule has 1 aromatic carbocycles. The van der Waals surface area contributed by atoms with Gasteiger partial charge in [0.1, 0.15) is 0 Å². The van der Waals surface area contributed by atoms with Crippen LogP contribution in [-0.2, 0) is 9.53 Å². The van der Waals surface area contributed by atoms with Crippen molar-refractivity contribution >= 4 is 11.8 Å². The van der Waals surface area contributed by atoms with Crippen LogP contribution in [0.25, 0.3) is 0 Å². The number of hydrogen-bond acceptors (Lipinski definition) is 5. The smallest absolute Gasteiger partial charge is 0.307 e. The van der Waals surface area contributed by atoms with Gasteiger partial charge in [0.05, 0.1) is 25.2 Å². The minimum Gasteiger partial charge on any atom is -0.466 e. The van der Waals surface area contributed by atoms with Gasteiger partial charge in [0.25, 0.3) is 0 Å². The van der Waals surface area contributed by atoms with E-state index in [1.807, 2.05) is 0 Å². The lowest BCUT2D eigenvalue weighted by atomic mass is 10.0. The zero-order chi connectivity index (χ0) is 16.7. The van der Waals surface area contributed by atoms with Gasteiger partial charge >= 0.3 is 5.97 Å². The predicted molar refractivity (Wildman–Crippen MR) is 75.4 cm³/mol. The molecule has 0 aromatic heterocycles. The van der Waals surface area contributed by atoms with Crippen LogP contribution < -0.4 is 5.32 Å². The van der Waals surface area contributed by atoms with Gasteiger partial charge in [-0.15, -0.1) is 0 Å². The SMILES string of the molecule is CCOC(=O)CC(NCC(C)O)C(=O)c1ccc(F)c(F)c1. The highest BCUT2D eigenvalue weighted by molar-refractivity contribution is 6.01. The van der Waals surface area contributed by atoms with E-state index in [1.54, 1.807) is 6.92 Å². The fraction of sp³-hybridized carbons (Fsp3) is 0.467. The van der Waals surface area contributed by atoms with Crippen LogP contribution in [0, 0.1) is 11.6 Å². The highest BCUT2D eigenvalue weighted by atomic mass is 19.2. The molecule has 0 bridgehead atoms. The first-order chi connectivity index (χ1) is 10.3. The van der Waals surface area contributed by atoms with Crippen molar-refractivity contribution < 1.29 is 28.2 Å². The van der Waals surface area contributed by atoms with Gasteiger partial charge in [0.15, 0.2) is 17.4 Å². The molecule has 0 saturated heterocycles. The Labute approximate surface area is 127 Å². The van der Waals surface area contributed by atoms with Gasteiger partial charge in [-0.05, 0) is 32.0 Å². The summed E-state index contributed by atoms with van der Waals surface area (Å²) in [5.41, 5.74) is -0.0636. The maximum absolute atomic E-state index is 13.2. The molecule has 2 N–H and O–H groups in total. The Morgan fingerprint density at radius 3 is 2.55 bits per heavy atom. The quantitative estimate of drug-likeness (QED) is 0.561. The number of halogens is 2. The highest BCUT2D eigenvalue weighted by Gasteiger charge is 2.24. The zero-order valence-electron chi connectivity index (χ0n) is 12.4. The molecule has 2 atom stereocenters. The lowest BCUT2D eigenvalue weighted by Gasteiger charge is -2.18. The van der Waals surface area contributed by atoms with Crippen molar-refractivity contribution in [2.45, 2.75) is 32.4 Å². The summed E-state index contributed by atoms with van der Waals surface area (Å²) in [4.78, 5) is 23.9. The van der Waals surface area contributed by atoms with Gasteiger partial charge in [0, 0.05) is 12.1 Å². The zero-order valence-corrected chi connectivity index (χ0v) is 12.4. The number of rotatable bonds is 8. The van der Waals surface area contributed by atoms with Crippen molar-refractivity contribution in [1.82, 2.24) is 5.32 Å². The fourth-order valence-electron chi connectivity index (χ4n) is 1.81. The van der Waals surface area contributed by atoms with E-state index in [1.165, 1.54) is 6.92 Å². The maximum Gasteiger partial charge on any atom is 0.307 e. The van der Waals surface area contributed by atoms with Gasteiger partial charge in [-0.1, -0.05) is 0 Å². The largest absolute Gasteiger partial charge is 0.466 e. The molecule has 0 aliphatic rings. The number of ketones is 1. The standard InChI is InChI=1S/C15H19F2NO4/c1-3-22-14(20)7-13(18-8-9(2)19)15(21)10-4-5-11(16)12(17)6-10/h4-6,9,13,18-19H,3,7-8H2,1-2H3. The van der Waals surface area contributed by atoms with Gasteiger partial charge in [0.2, 0.25) is 0 Å². The lowest BCUT2D eigenvalue weighted by molar-refractivity contribution is -0.143. The van der Waals surface area contributed by atoms with E-state index in [2.05, 4.69) is 5.32 Å². The molecule has 122 valence electrons. The van der Waals surface area contributed by atoms with E-state index in [0.29, 0.717) is 0 Å². The molecule has 22 heavy (non-hydrogen) atoms. The van der Waals surface area contributed by atoms with E-state index >= 15 is 0 Å².